The van der Waals surface area contributed by atoms with Crippen LogP contribution in [0.1, 0.15) is 37.7 Å². The second kappa shape index (κ2) is 6.92. The fourth-order valence-corrected chi connectivity index (χ4v) is 2.99. The number of carbonyl (C=O) groups is 1. The van der Waals surface area contributed by atoms with Crippen molar-refractivity contribution in [3.8, 4) is 5.75 Å². The first kappa shape index (κ1) is 15.0. The Morgan fingerprint density at radius 2 is 1.82 bits per heavy atom. The van der Waals surface area contributed by atoms with Crippen LogP contribution in [-0.2, 0) is 4.79 Å². The van der Waals surface area contributed by atoms with Crippen molar-refractivity contribution in [2.75, 3.05) is 26.9 Å². The summed E-state index contributed by atoms with van der Waals surface area (Å²) in [6.07, 6.45) is 4.99. The fourth-order valence-electron chi connectivity index (χ4n) is 2.99. The monoisotopic (exact) mass is 301 g/mol. The maximum absolute atomic E-state index is 12.1. The minimum absolute atomic E-state index is 0.128. The highest BCUT2D eigenvalue weighted by Gasteiger charge is 2.23. The summed E-state index contributed by atoms with van der Waals surface area (Å²) in [7, 11) is 1.66. The number of hydrazone groups is 1. The molecule has 0 unspecified atom stereocenters. The molecular formula is C17H23N3O2. The number of methoxy groups -OCH3 is 1. The van der Waals surface area contributed by atoms with Gasteiger partial charge in [0.1, 0.15) is 5.75 Å². The van der Waals surface area contributed by atoms with Gasteiger partial charge in [0.2, 0.25) is 5.91 Å². The molecule has 1 fully saturated rings. The van der Waals surface area contributed by atoms with Crippen LogP contribution in [0.3, 0.4) is 0 Å². The number of amides is 1. The number of hydrogen-bond donors (Lipinski definition) is 0. The van der Waals surface area contributed by atoms with Crippen LogP contribution in [0.2, 0.25) is 0 Å². The number of piperidine rings is 1. The summed E-state index contributed by atoms with van der Waals surface area (Å²) in [5.41, 5.74) is 2.05. The van der Waals surface area contributed by atoms with Crippen molar-refractivity contribution in [1.82, 2.24) is 9.91 Å². The SMILES string of the molecule is COc1ccc(C2=NN(CN3CCCCC3)C(=O)CC2)cc1. The van der Waals surface area contributed by atoms with Gasteiger partial charge in [0, 0.05) is 12.8 Å². The van der Waals surface area contributed by atoms with Crippen LogP contribution in [0.25, 0.3) is 0 Å². The van der Waals surface area contributed by atoms with Gasteiger partial charge in [-0.05, 0) is 55.8 Å². The van der Waals surface area contributed by atoms with E-state index in [1.165, 1.54) is 19.3 Å². The minimum Gasteiger partial charge on any atom is -0.497 e. The molecule has 1 aromatic carbocycles. The van der Waals surface area contributed by atoms with Crippen LogP contribution < -0.4 is 4.74 Å². The summed E-state index contributed by atoms with van der Waals surface area (Å²) in [5, 5.41) is 6.25. The predicted molar refractivity (Wildman–Crippen MR) is 85.9 cm³/mol. The first-order chi connectivity index (χ1) is 10.8. The fraction of sp³-hybridized carbons (Fsp3) is 0.529. The van der Waals surface area contributed by atoms with E-state index in [2.05, 4.69) is 10.0 Å². The second-order valence-electron chi connectivity index (χ2n) is 5.89. The normalized spacial score (nSPS) is 20.0. The van der Waals surface area contributed by atoms with Crippen molar-refractivity contribution in [2.24, 2.45) is 5.10 Å². The van der Waals surface area contributed by atoms with Gasteiger partial charge in [0.25, 0.3) is 0 Å². The molecule has 0 aromatic heterocycles. The molecule has 5 nitrogen and oxygen atoms in total. The van der Waals surface area contributed by atoms with Gasteiger partial charge in [-0.3, -0.25) is 9.69 Å². The van der Waals surface area contributed by atoms with E-state index in [9.17, 15) is 4.79 Å². The number of carbonyl (C=O) groups excluding carboxylic acids is 1. The Balaban J connectivity index is 1.72. The lowest BCUT2D eigenvalue weighted by Crippen LogP contribution is -2.43. The molecule has 0 radical (unpaired) electrons. The molecule has 5 heteroatoms. The third kappa shape index (κ3) is 3.47. The summed E-state index contributed by atoms with van der Waals surface area (Å²) in [5.74, 6) is 0.962. The topological polar surface area (TPSA) is 45.1 Å². The molecule has 0 bridgehead atoms. The molecule has 3 rings (SSSR count). The zero-order valence-corrected chi connectivity index (χ0v) is 13.1. The molecule has 0 aliphatic carbocycles. The molecule has 0 spiro atoms. The average molecular weight is 301 g/mol. The molecule has 1 saturated heterocycles. The number of nitrogens with zero attached hydrogens (tertiary/aromatic N) is 3. The first-order valence-corrected chi connectivity index (χ1v) is 8.01. The molecule has 1 aromatic rings. The van der Waals surface area contributed by atoms with E-state index >= 15 is 0 Å². The van der Waals surface area contributed by atoms with E-state index in [0.29, 0.717) is 19.5 Å². The lowest BCUT2D eigenvalue weighted by molar-refractivity contribution is -0.134. The Morgan fingerprint density at radius 3 is 2.50 bits per heavy atom. The largest absolute Gasteiger partial charge is 0.497 e. The Kier molecular flexibility index (Phi) is 4.73. The van der Waals surface area contributed by atoms with E-state index < -0.39 is 0 Å². The average Bonchev–Trinajstić information content (AvgIpc) is 2.58. The Hall–Kier alpha value is -1.88. The van der Waals surface area contributed by atoms with E-state index in [0.717, 1.165) is 30.1 Å². The second-order valence-corrected chi connectivity index (χ2v) is 5.89. The van der Waals surface area contributed by atoms with Gasteiger partial charge in [-0.2, -0.15) is 5.10 Å². The van der Waals surface area contributed by atoms with Crippen LogP contribution in [0.15, 0.2) is 29.4 Å². The number of likely N-dealkylation sites (tertiary alicyclic amines) is 1. The molecular weight excluding hydrogens is 278 g/mol. The predicted octanol–water partition coefficient (Wildman–Crippen LogP) is 2.47. The number of rotatable bonds is 4. The van der Waals surface area contributed by atoms with Crippen LogP contribution >= 0.6 is 0 Å². The van der Waals surface area contributed by atoms with Crippen molar-refractivity contribution in [1.29, 1.82) is 0 Å². The standard InChI is InChI=1S/C17H23N3O2/c1-22-15-7-5-14(6-8-15)16-9-10-17(21)20(18-16)13-19-11-3-2-4-12-19/h5-8H,2-4,9-13H2,1H3. The third-order valence-electron chi connectivity index (χ3n) is 4.31. The smallest absolute Gasteiger partial charge is 0.244 e. The summed E-state index contributed by atoms with van der Waals surface area (Å²) >= 11 is 0. The molecule has 2 aliphatic rings. The van der Waals surface area contributed by atoms with Crippen molar-refractivity contribution in [3.63, 3.8) is 0 Å². The van der Waals surface area contributed by atoms with Crippen LogP contribution in [0.4, 0.5) is 0 Å². The summed E-state index contributed by atoms with van der Waals surface area (Å²) in [6, 6.07) is 7.88. The Bertz CT molecular complexity index is 548. The molecule has 0 atom stereocenters. The maximum Gasteiger partial charge on any atom is 0.244 e. The van der Waals surface area contributed by atoms with Gasteiger partial charge in [-0.15, -0.1) is 0 Å². The van der Waals surface area contributed by atoms with Crippen molar-refractivity contribution < 1.29 is 9.53 Å². The van der Waals surface area contributed by atoms with Gasteiger partial charge in [-0.25, -0.2) is 5.01 Å². The molecule has 2 aliphatic heterocycles. The lowest BCUT2D eigenvalue weighted by Gasteiger charge is -2.32. The van der Waals surface area contributed by atoms with E-state index in [4.69, 9.17) is 4.74 Å². The van der Waals surface area contributed by atoms with Crippen molar-refractivity contribution in [3.05, 3.63) is 29.8 Å². The van der Waals surface area contributed by atoms with Gasteiger partial charge in [0.05, 0.1) is 19.5 Å². The molecule has 1 amide bonds. The molecule has 0 saturated carbocycles. The minimum atomic E-state index is 0.128. The van der Waals surface area contributed by atoms with E-state index in [-0.39, 0.29) is 5.91 Å². The molecule has 22 heavy (non-hydrogen) atoms. The number of ether oxygens (including phenoxy) is 1. The number of benzene rings is 1. The molecule has 0 N–H and O–H groups in total. The number of hydrogen-bond acceptors (Lipinski definition) is 4. The summed E-state index contributed by atoms with van der Waals surface area (Å²) < 4.78 is 5.18. The summed E-state index contributed by atoms with van der Waals surface area (Å²) in [4.78, 5) is 14.4. The third-order valence-corrected chi connectivity index (χ3v) is 4.31. The van der Waals surface area contributed by atoms with Gasteiger partial charge >= 0.3 is 0 Å². The van der Waals surface area contributed by atoms with Gasteiger partial charge in [0.15, 0.2) is 0 Å². The Morgan fingerprint density at radius 1 is 1.09 bits per heavy atom. The highest BCUT2D eigenvalue weighted by molar-refractivity contribution is 6.04. The van der Waals surface area contributed by atoms with Crippen LogP contribution in [0, 0.1) is 0 Å². The highest BCUT2D eigenvalue weighted by atomic mass is 16.5. The highest BCUT2D eigenvalue weighted by Crippen LogP contribution is 2.19. The Labute approximate surface area is 131 Å². The van der Waals surface area contributed by atoms with Crippen molar-refractivity contribution >= 4 is 11.6 Å². The first-order valence-electron chi connectivity index (χ1n) is 8.01. The van der Waals surface area contributed by atoms with Crippen LogP contribution in [-0.4, -0.2) is 48.4 Å². The maximum atomic E-state index is 12.1. The van der Waals surface area contributed by atoms with Gasteiger partial charge < -0.3 is 4.74 Å². The van der Waals surface area contributed by atoms with E-state index in [1.54, 1.807) is 12.1 Å². The van der Waals surface area contributed by atoms with E-state index in [1.807, 2.05) is 24.3 Å². The van der Waals surface area contributed by atoms with Gasteiger partial charge in [-0.1, -0.05) is 6.42 Å². The van der Waals surface area contributed by atoms with Crippen molar-refractivity contribution in [2.45, 2.75) is 32.1 Å². The quantitative estimate of drug-likeness (QED) is 0.858. The summed E-state index contributed by atoms with van der Waals surface area (Å²) in [6.45, 7) is 2.76. The zero-order valence-electron chi connectivity index (χ0n) is 13.1. The molecule has 2 heterocycles. The lowest BCUT2D eigenvalue weighted by atomic mass is 10.0. The zero-order chi connectivity index (χ0) is 15.4. The molecule has 118 valence electrons. The van der Waals surface area contributed by atoms with Crippen LogP contribution in [0.5, 0.6) is 5.75 Å².